The molecule has 9 aromatic carbocycles. The Morgan fingerprint density at radius 3 is 1.65 bits per heavy atom. The van der Waals surface area contributed by atoms with E-state index in [2.05, 4.69) is 216 Å². The van der Waals surface area contributed by atoms with Crippen LogP contribution < -0.4 is 4.90 Å². The van der Waals surface area contributed by atoms with Gasteiger partial charge in [-0.05, 0) is 105 Å². The lowest BCUT2D eigenvalue weighted by molar-refractivity contribution is 1.18. The first-order valence-electron chi connectivity index (χ1n) is 17.9. The summed E-state index contributed by atoms with van der Waals surface area (Å²) in [5, 5.41) is 7.44. The molecule has 0 saturated heterocycles. The standard InChI is InChI=1S/C50H34N2/c1-3-17-40(18-4-1)51(41-19-5-2-6-20-41)48-27-13-16-38-32-39(30-31-44(38)48)43-24-12-14-35-28-29-37(34-47(35)43)36-15-11-21-42(33-36)52-49-25-9-7-22-45(49)46-23-8-10-26-50(46)52/h1-34H. The maximum atomic E-state index is 2.39. The van der Waals surface area contributed by atoms with E-state index in [9.17, 15) is 0 Å². The van der Waals surface area contributed by atoms with Crippen molar-refractivity contribution in [3.05, 3.63) is 206 Å². The van der Waals surface area contributed by atoms with Crippen LogP contribution in [0.4, 0.5) is 17.1 Å². The van der Waals surface area contributed by atoms with Crippen molar-refractivity contribution in [3.8, 4) is 27.9 Å². The number of benzene rings is 9. The number of hydrogen-bond donors (Lipinski definition) is 0. The van der Waals surface area contributed by atoms with Crippen molar-refractivity contribution < 1.29 is 0 Å². The molecule has 0 aliphatic heterocycles. The molecular weight excluding hydrogens is 629 g/mol. The van der Waals surface area contributed by atoms with Crippen LogP contribution in [0.2, 0.25) is 0 Å². The highest BCUT2D eigenvalue weighted by molar-refractivity contribution is 6.09. The molecule has 0 radical (unpaired) electrons. The monoisotopic (exact) mass is 662 g/mol. The fourth-order valence-corrected chi connectivity index (χ4v) is 7.94. The van der Waals surface area contributed by atoms with Gasteiger partial charge in [0.15, 0.2) is 0 Å². The van der Waals surface area contributed by atoms with Gasteiger partial charge >= 0.3 is 0 Å². The topological polar surface area (TPSA) is 8.17 Å². The zero-order valence-corrected chi connectivity index (χ0v) is 28.5. The van der Waals surface area contributed by atoms with Crippen LogP contribution in [0.1, 0.15) is 0 Å². The van der Waals surface area contributed by atoms with E-state index in [1.54, 1.807) is 0 Å². The Bertz CT molecular complexity index is 2810. The van der Waals surface area contributed by atoms with E-state index in [1.165, 1.54) is 65.6 Å². The lowest BCUT2D eigenvalue weighted by Gasteiger charge is -2.27. The molecule has 1 heterocycles. The van der Waals surface area contributed by atoms with E-state index in [4.69, 9.17) is 0 Å². The third-order valence-corrected chi connectivity index (χ3v) is 10.3. The maximum Gasteiger partial charge on any atom is 0.0541 e. The molecule has 2 heteroatoms. The molecule has 0 unspecified atom stereocenters. The minimum absolute atomic E-state index is 1.13. The Labute approximate surface area is 303 Å². The summed E-state index contributed by atoms with van der Waals surface area (Å²) in [5.74, 6) is 0. The van der Waals surface area contributed by atoms with Crippen LogP contribution in [0, 0.1) is 0 Å². The average Bonchev–Trinajstić information content (AvgIpc) is 3.56. The van der Waals surface area contributed by atoms with Gasteiger partial charge in [-0.1, -0.05) is 140 Å². The number of fused-ring (bicyclic) bond motifs is 5. The predicted octanol–water partition coefficient (Wildman–Crippen LogP) is 13.9. The highest BCUT2D eigenvalue weighted by atomic mass is 15.1. The van der Waals surface area contributed by atoms with E-state index in [0.717, 1.165) is 22.7 Å². The van der Waals surface area contributed by atoms with E-state index in [-0.39, 0.29) is 0 Å². The van der Waals surface area contributed by atoms with Gasteiger partial charge in [0.2, 0.25) is 0 Å². The van der Waals surface area contributed by atoms with Crippen LogP contribution in [-0.2, 0) is 0 Å². The zero-order chi connectivity index (χ0) is 34.4. The first-order valence-corrected chi connectivity index (χ1v) is 17.9. The molecule has 0 saturated carbocycles. The van der Waals surface area contributed by atoms with E-state index >= 15 is 0 Å². The largest absolute Gasteiger partial charge is 0.310 e. The molecule has 0 aliphatic rings. The normalized spacial score (nSPS) is 11.5. The van der Waals surface area contributed by atoms with Gasteiger partial charge in [-0.15, -0.1) is 0 Å². The lowest BCUT2D eigenvalue weighted by atomic mass is 9.93. The second kappa shape index (κ2) is 12.5. The van der Waals surface area contributed by atoms with Crippen molar-refractivity contribution in [1.82, 2.24) is 4.57 Å². The summed E-state index contributed by atoms with van der Waals surface area (Å²) >= 11 is 0. The first kappa shape index (κ1) is 30.0. The number of nitrogens with zero attached hydrogens (tertiary/aromatic N) is 2. The fraction of sp³-hybridized carbons (Fsp3) is 0. The Kier molecular flexibility index (Phi) is 7.18. The van der Waals surface area contributed by atoms with Gasteiger partial charge in [-0.3, -0.25) is 0 Å². The Balaban J connectivity index is 1.08. The Morgan fingerprint density at radius 2 is 0.923 bits per heavy atom. The molecule has 0 aliphatic carbocycles. The van der Waals surface area contributed by atoms with Gasteiger partial charge in [0.25, 0.3) is 0 Å². The molecule has 2 nitrogen and oxygen atoms in total. The van der Waals surface area contributed by atoms with Crippen molar-refractivity contribution in [2.45, 2.75) is 0 Å². The molecule has 0 N–H and O–H groups in total. The minimum Gasteiger partial charge on any atom is -0.310 e. The van der Waals surface area contributed by atoms with Crippen LogP contribution in [-0.4, -0.2) is 4.57 Å². The highest BCUT2D eigenvalue weighted by Gasteiger charge is 2.16. The van der Waals surface area contributed by atoms with Crippen LogP contribution in [0.3, 0.4) is 0 Å². The summed E-state index contributed by atoms with van der Waals surface area (Å²) in [4.78, 5) is 2.35. The number of para-hydroxylation sites is 4. The third kappa shape index (κ3) is 5.04. The van der Waals surface area contributed by atoms with Crippen molar-refractivity contribution in [2.24, 2.45) is 0 Å². The van der Waals surface area contributed by atoms with Crippen LogP contribution in [0.25, 0.3) is 71.3 Å². The van der Waals surface area contributed by atoms with Crippen molar-refractivity contribution in [1.29, 1.82) is 0 Å². The SMILES string of the molecule is c1ccc(N(c2ccccc2)c2cccc3cc(-c4cccc5ccc(-c6cccc(-n7c8ccccc8c8ccccc87)c6)cc45)ccc23)cc1. The molecule has 0 atom stereocenters. The maximum absolute atomic E-state index is 2.39. The predicted molar refractivity (Wildman–Crippen MR) is 221 cm³/mol. The second-order valence-electron chi connectivity index (χ2n) is 13.4. The molecule has 10 aromatic rings. The van der Waals surface area contributed by atoms with E-state index < -0.39 is 0 Å². The lowest BCUT2D eigenvalue weighted by Crippen LogP contribution is -2.10. The van der Waals surface area contributed by atoms with Gasteiger partial charge in [-0.25, -0.2) is 0 Å². The quantitative estimate of drug-likeness (QED) is 0.172. The molecule has 0 amide bonds. The van der Waals surface area contributed by atoms with Gasteiger partial charge in [0.05, 0.1) is 16.7 Å². The number of rotatable bonds is 6. The van der Waals surface area contributed by atoms with Crippen molar-refractivity contribution >= 4 is 60.4 Å². The van der Waals surface area contributed by atoms with Gasteiger partial charge in [0.1, 0.15) is 0 Å². The molecule has 10 rings (SSSR count). The molecule has 1 aromatic heterocycles. The van der Waals surface area contributed by atoms with E-state index in [0.29, 0.717) is 0 Å². The average molecular weight is 663 g/mol. The summed E-state index contributed by atoms with van der Waals surface area (Å²) in [7, 11) is 0. The summed E-state index contributed by atoms with van der Waals surface area (Å²) < 4.78 is 2.39. The number of aromatic nitrogens is 1. The van der Waals surface area contributed by atoms with Gasteiger partial charge in [0, 0.05) is 33.2 Å². The third-order valence-electron chi connectivity index (χ3n) is 10.3. The molecule has 52 heavy (non-hydrogen) atoms. The van der Waals surface area contributed by atoms with Crippen molar-refractivity contribution in [2.75, 3.05) is 4.90 Å². The summed E-state index contributed by atoms with van der Waals surface area (Å²) in [6.07, 6.45) is 0. The number of hydrogen-bond acceptors (Lipinski definition) is 1. The summed E-state index contributed by atoms with van der Waals surface area (Å²) in [6, 6.07) is 74.6. The van der Waals surface area contributed by atoms with Crippen LogP contribution in [0.15, 0.2) is 206 Å². The molecule has 0 fully saturated rings. The Morgan fingerprint density at radius 1 is 0.327 bits per heavy atom. The van der Waals surface area contributed by atoms with Crippen molar-refractivity contribution in [3.63, 3.8) is 0 Å². The highest BCUT2D eigenvalue weighted by Crippen LogP contribution is 2.41. The molecule has 0 spiro atoms. The fourth-order valence-electron chi connectivity index (χ4n) is 7.94. The first-order chi connectivity index (χ1) is 25.8. The molecular formula is C50H34N2. The summed E-state index contributed by atoms with van der Waals surface area (Å²) in [5.41, 5.74) is 11.9. The van der Waals surface area contributed by atoms with Crippen LogP contribution >= 0.6 is 0 Å². The number of anilines is 3. The van der Waals surface area contributed by atoms with E-state index in [1.807, 2.05) is 0 Å². The zero-order valence-electron chi connectivity index (χ0n) is 28.5. The van der Waals surface area contributed by atoms with Gasteiger partial charge < -0.3 is 9.47 Å². The van der Waals surface area contributed by atoms with Crippen LogP contribution in [0.5, 0.6) is 0 Å². The molecule has 0 bridgehead atoms. The summed E-state index contributed by atoms with van der Waals surface area (Å²) in [6.45, 7) is 0. The molecule has 244 valence electrons. The van der Waals surface area contributed by atoms with Gasteiger partial charge in [-0.2, -0.15) is 0 Å². The minimum atomic E-state index is 1.13. The Hall–Kier alpha value is -6.90. The smallest absolute Gasteiger partial charge is 0.0541 e. The second-order valence-corrected chi connectivity index (χ2v) is 13.4.